The molecule has 2 atom stereocenters. The van der Waals surface area contributed by atoms with Crippen molar-refractivity contribution < 1.29 is 4.79 Å². The summed E-state index contributed by atoms with van der Waals surface area (Å²) in [6, 6.07) is 18.4. The quantitative estimate of drug-likeness (QED) is 0.685. The molecule has 4 heteroatoms. The zero-order chi connectivity index (χ0) is 19.1. The number of carbonyl (C=O) groups excluding carboxylic acids is 1. The van der Waals surface area contributed by atoms with Crippen molar-refractivity contribution >= 4 is 11.5 Å². The van der Waals surface area contributed by atoms with Crippen LogP contribution in [0.2, 0.25) is 0 Å². The van der Waals surface area contributed by atoms with Gasteiger partial charge in [-0.3, -0.25) is 4.79 Å². The fraction of sp³-hybridized carbons (Fsp3) is 0.304. The highest BCUT2D eigenvalue weighted by Gasteiger charge is 2.36. The molecule has 4 rings (SSSR count). The fourth-order valence-electron chi connectivity index (χ4n) is 3.77. The summed E-state index contributed by atoms with van der Waals surface area (Å²) in [6.07, 6.45) is 0.838. The van der Waals surface area contributed by atoms with Crippen LogP contribution in [0.3, 0.4) is 0 Å². The molecule has 0 saturated carbocycles. The van der Waals surface area contributed by atoms with Crippen LogP contribution in [0.5, 0.6) is 0 Å². The lowest BCUT2D eigenvalue weighted by Gasteiger charge is -2.24. The Bertz CT molecular complexity index is 971. The van der Waals surface area contributed by atoms with Gasteiger partial charge in [-0.05, 0) is 36.6 Å². The first-order valence-electron chi connectivity index (χ1n) is 9.46. The SMILES string of the molecule is CC1Cc2nn(-c3ccccc3)c(-c3ccc(N(C)C)cc3)c2C(=O)C1C. The van der Waals surface area contributed by atoms with Crippen molar-refractivity contribution in [3.63, 3.8) is 0 Å². The number of para-hydroxylation sites is 1. The zero-order valence-corrected chi connectivity index (χ0v) is 16.3. The van der Waals surface area contributed by atoms with E-state index in [2.05, 4.69) is 36.1 Å². The van der Waals surface area contributed by atoms with Crippen molar-refractivity contribution in [3.8, 4) is 16.9 Å². The lowest BCUT2D eigenvalue weighted by molar-refractivity contribution is 0.0877. The first-order chi connectivity index (χ1) is 13.0. The summed E-state index contributed by atoms with van der Waals surface area (Å²) in [7, 11) is 4.05. The Balaban J connectivity index is 1.94. The number of fused-ring (bicyclic) bond motifs is 1. The molecule has 138 valence electrons. The van der Waals surface area contributed by atoms with Crippen LogP contribution < -0.4 is 4.90 Å². The third-order valence-corrected chi connectivity index (χ3v) is 5.64. The number of ketones is 1. The highest BCUT2D eigenvalue weighted by atomic mass is 16.1. The predicted molar refractivity (Wildman–Crippen MR) is 110 cm³/mol. The minimum absolute atomic E-state index is 0.0192. The monoisotopic (exact) mass is 359 g/mol. The molecule has 1 heterocycles. The molecule has 0 bridgehead atoms. The second-order valence-electron chi connectivity index (χ2n) is 7.69. The van der Waals surface area contributed by atoms with Gasteiger partial charge in [0.25, 0.3) is 0 Å². The molecule has 2 aromatic carbocycles. The van der Waals surface area contributed by atoms with E-state index >= 15 is 0 Å². The summed E-state index contributed by atoms with van der Waals surface area (Å²) in [5.41, 5.74) is 5.75. The lowest BCUT2D eigenvalue weighted by atomic mass is 9.78. The minimum Gasteiger partial charge on any atom is -0.378 e. The maximum atomic E-state index is 13.2. The van der Waals surface area contributed by atoms with E-state index in [1.54, 1.807) is 0 Å². The van der Waals surface area contributed by atoms with E-state index in [1.165, 1.54) is 0 Å². The molecule has 0 N–H and O–H groups in total. The minimum atomic E-state index is 0.0192. The van der Waals surface area contributed by atoms with E-state index in [4.69, 9.17) is 5.10 Å². The molecule has 3 aromatic rings. The summed E-state index contributed by atoms with van der Waals surface area (Å²) in [6.45, 7) is 4.17. The van der Waals surface area contributed by atoms with E-state index in [9.17, 15) is 4.79 Å². The van der Waals surface area contributed by atoms with Gasteiger partial charge in [-0.25, -0.2) is 4.68 Å². The molecule has 0 saturated heterocycles. The second kappa shape index (κ2) is 6.69. The van der Waals surface area contributed by atoms with Gasteiger partial charge < -0.3 is 4.90 Å². The smallest absolute Gasteiger partial charge is 0.170 e. The van der Waals surface area contributed by atoms with Crippen LogP contribution in [0.1, 0.15) is 29.9 Å². The summed E-state index contributed by atoms with van der Waals surface area (Å²) < 4.78 is 1.94. The Kier molecular flexibility index (Phi) is 4.34. The average molecular weight is 359 g/mol. The molecule has 0 amide bonds. The van der Waals surface area contributed by atoms with Crippen LogP contribution in [0.25, 0.3) is 16.9 Å². The largest absolute Gasteiger partial charge is 0.378 e. The van der Waals surface area contributed by atoms with Crippen LogP contribution in [0.4, 0.5) is 5.69 Å². The molecule has 1 aliphatic rings. The topological polar surface area (TPSA) is 38.1 Å². The van der Waals surface area contributed by atoms with Crippen LogP contribution in [0, 0.1) is 11.8 Å². The van der Waals surface area contributed by atoms with Gasteiger partial charge in [0, 0.05) is 31.3 Å². The molecule has 1 aromatic heterocycles. The molecular weight excluding hydrogens is 334 g/mol. The van der Waals surface area contributed by atoms with Crippen molar-refractivity contribution in [2.24, 2.45) is 11.8 Å². The van der Waals surface area contributed by atoms with Crippen molar-refractivity contribution in [1.29, 1.82) is 0 Å². The molecule has 2 unspecified atom stereocenters. The third-order valence-electron chi connectivity index (χ3n) is 5.64. The second-order valence-corrected chi connectivity index (χ2v) is 7.69. The Hall–Kier alpha value is -2.88. The van der Waals surface area contributed by atoms with Gasteiger partial charge in [0.1, 0.15) is 0 Å². The molecule has 0 fully saturated rings. The van der Waals surface area contributed by atoms with E-state index in [1.807, 2.05) is 56.0 Å². The van der Waals surface area contributed by atoms with Crippen LogP contribution >= 0.6 is 0 Å². The van der Waals surface area contributed by atoms with Gasteiger partial charge in [-0.1, -0.05) is 44.2 Å². The maximum absolute atomic E-state index is 13.2. The van der Waals surface area contributed by atoms with E-state index in [-0.39, 0.29) is 11.7 Å². The van der Waals surface area contributed by atoms with Crippen LogP contribution in [-0.2, 0) is 6.42 Å². The number of rotatable bonds is 3. The van der Waals surface area contributed by atoms with Crippen LogP contribution in [-0.4, -0.2) is 29.7 Å². The van der Waals surface area contributed by atoms with Gasteiger partial charge in [-0.15, -0.1) is 0 Å². The first kappa shape index (κ1) is 17.5. The standard InChI is InChI=1S/C23H25N3O/c1-15-14-20-21(23(27)16(15)2)22(17-10-12-18(13-11-17)25(3)4)26(24-20)19-8-6-5-7-9-19/h5-13,15-16H,14H2,1-4H3. The maximum Gasteiger partial charge on any atom is 0.170 e. The number of aromatic nitrogens is 2. The van der Waals surface area contributed by atoms with Crippen LogP contribution in [0.15, 0.2) is 54.6 Å². The summed E-state index contributed by atoms with van der Waals surface area (Å²) in [4.78, 5) is 15.3. The van der Waals surface area contributed by atoms with Crippen molar-refractivity contribution in [3.05, 3.63) is 65.9 Å². The van der Waals surface area contributed by atoms with E-state index in [0.717, 1.165) is 40.3 Å². The van der Waals surface area contributed by atoms with Gasteiger partial charge in [0.05, 0.1) is 22.6 Å². The zero-order valence-electron chi connectivity index (χ0n) is 16.3. The predicted octanol–water partition coefficient (Wildman–Crippen LogP) is 4.62. The number of Topliss-reactive ketones (excluding diaryl/α,β-unsaturated/α-hetero) is 1. The van der Waals surface area contributed by atoms with E-state index < -0.39 is 0 Å². The Morgan fingerprint density at radius 2 is 1.67 bits per heavy atom. The first-order valence-corrected chi connectivity index (χ1v) is 9.46. The molecule has 4 nitrogen and oxygen atoms in total. The molecule has 1 aliphatic carbocycles. The fourth-order valence-corrected chi connectivity index (χ4v) is 3.77. The lowest BCUT2D eigenvalue weighted by Crippen LogP contribution is -2.27. The Morgan fingerprint density at radius 3 is 2.30 bits per heavy atom. The number of anilines is 1. The van der Waals surface area contributed by atoms with E-state index in [0.29, 0.717) is 5.92 Å². The Morgan fingerprint density at radius 1 is 1.00 bits per heavy atom. The van der Waals surface area contributed by atoms with Gasteiger partial charge in [0.15, 0.2) is 5.78 Å². The number of hydrogen-bond acceptors (Lipinski definition) is 3. The highest BCUT2D eigenvalue weighted by Crippen LogP contribution is 2.37. The molecule has 0 aliphatic heterocycles. The van der Waals surface area contributed by atoms with Gasteiger partial charge >= 0.3 is 0 Å². The number of hydrogen-bond donors (Lipinski definition) is 0. The average Bonchev–Trinajstić information content (AvgIpc) is 3.06. The van der Waals surface area contributed by atoms with Crippen molar-refractivity contribution in [1.82, 2.24) is 9.78 Å². The molecule has 0 spiro atoms. The number of nitrogens with zero attached hydrogens (tertiary/aromatic N) is 3. The van der Waals surface area contributed by atoms with Gasteiger partial charge in [-0.2, -0.15) is 5.10 Å². The number of carbonyl (C=O) groups is 1. The Labute approximate surface area is 160 Å². The van der Waals surface area contributed by atoms with Crippen molar-refractivity contribution in [2.45, 2.75) is 20.3 Å². The third kappa shape index (κ3) is 2.95. The summed E-state index contributed by atoms with van der Waals surface area (Å²) in [5, 5.41) is 4.88. The molecular formula is C23H25N3O. The normalized spacial score (nSPS) is 19.0. The molecule has 0 radical (unpaired) electrons. The number of benzene rings is 2. The summed E-state index contributed by atoms with van der Waals surface area (Å²) >= 11 is 0. The summed E-state index contributed by atoms with van der Waals surface area (Å²) in [5.74, 6) is 0.538. The highest BCUT2D eigenvalue weighted by molar-refractivity contribution is 6.05. The van der Waals surface area contributed by atoms with Crippen molar-refractivity contribution in [2.75, 3.05) is 19.0 Å². The van der Waals surface area contributed by atoms with Gasteiger partial charge in [0.2, 0.25) is 0 Å². The molecule has 27 heavy (non-hydrogen) atoms.